The fourth-order valence-corrected chi connectivity index (χ4v) is 2.05. The number of rotatable bonds is 1. The van der Waals surface area contributed by atoms with Gasteiger partial charge in [0.1, 0.15) is 0 Å². The van der Waals surface area contributed by atoms with Gasteiger partial charge in [-0.3, -0.25) is 0 Å². The second kappa shape index (κ2) is 6.02. The smallest absolute Gasteiger partial charge is 0.0426 e. The highest BCUT2D eigenvalue weighted by Gasteiger charge is 2.13. The molecule has 1 aliphatic rings. The molecule has 1 aromatic carbocycles. The maximum Gasteiger partial charge on any atom is 0.0426 e. The molecule has 1 aliphatic heterocycles. The van der Waals surface area contributed by atoms with Crippen LogP contribution in [-0.2, 0) is 0 Å². The van der Waals surface area contributed by atoms with Gasteiger partial charge in [0, 0.05) is 23.8 Å². The third-order valence-corrected chi connectivity index (χ3v) is 2.85. The van der Waals surface area contributed by atoms with Crippen LogP contribution in [0.4, 0.5) is 5.69 Å². The van der Waals surface area contributed by atoms with E-state index in [9.17, 15) is 0 Å². The van der Waals surface area contributed by atoms with Crippen LogP contribution in [0, 0.1) is 6.92 Å². The first-order valence-electron chi connectivity index (χ1n) is 5.78. The molecular weight excluding hydrogens is 206 g/mol. The average Bonchev–Trinajstić information content (AvgIpc) is 2.78. The molecule has 1 nitrogen and oxygen atoms in total. The van der Waals surface area contributed by atoms with E-state index >= 15 is 0 Å². The molecule has 0 amide bonds. The Kier molecular flexibility index (Phi) is 4.97. The molecule has 84 valence electrons. The van der Waals surface area contributed by atoms with Crippen LogP contribution < -0.4 is 4.90 Å². The molecule has 0 saturated carbocycles. The minimum atomic E-state index is 0.840. The zero-order valence-corrected chi connectivity index (χ0v) is 10.6. The van der Waals surface area contributed by atoms with Crippen LogP contribution in [0.3, 0.4) is 0 Å². The molecule has 0 unspecified atom stereocenters. The van der Waals surface area contributed by atoms with Crippen molar-refractivity contribution in [2.24, 2.45) is 0 Å². The van der Waals surface area contributed by atoms with Gasteiger partial charge in [-0.05, 0) is 37.5 Å². The molecule has 1 fully saturated rings. The predicted octanol–water partition coefficient (Wildman–Crippen LogP) is 4.27. The van der Waals surface area contributed by atoms with E-state index < -0.39 is 0 Å². The van der Waals surface area contributed by atoms with Crippen molar-refractivity contribution in [3.05, 3.63) is 28.8 Å². The average molecular weight is 226 g/mol. The van der Waals surface area contributed by atoms with Gasteiger partial charge < -0.3 is 4.90 Å². The molecule has 0 aromatic heterocycles. The summed E-state index contributed by atoms with van der Waals surface area (Å²) >= 11 is 5.97. The zero-order chi connectivity index (χ0) is 11.3. The van der Waals surface area contributed by atoms with E-state index in [1.807, 2.05) is 19.9 Å². The van der Waals surface area contributed by atoms with Crippen LogP contribution in [0.2, 0.25) is 5.02 Å². The number of hydrogen-bond acceptors (Lipinski definition) is 1. The SMILES string of the molecule is CC.Cc1ccc(Cl)cc1N1CCCC1. The molecule has 0 N–H and O–H groups in total. The van der Waals surface area contributed by atoms with Crippen molar-refractivity contribution >= 4 is 17.3 Å². The van der Waals surface area contributed by atoms with E-state index in [0.29, 0.717) is 0 Å². The van der Waals surface area contributed by atoms with E-state index in [2.05, 4.69) is 24.0 Å². The van der Waals surface area contributed by atoms with Crippen LogP contribution in [0.5, 0.6) is 0 Å². The number of hydrogen-bond donors (Lipinski definition) is 0. The van der Waals surface area contributed by atoms with E-state index in [1.54, 1.807) is 0 Å². The van der Waals surface area contributed by atoms with Crippen LogP contribution in [0.1, 0.15) is 32.3 Å². The van der Waals surface area contributed by atoms with Gasteiger partial charge in [-0.25, -0.2) is 0 Å². The van der Waals surface area contributed by atoms with Crippen molar-refractivity contribution in [2.75, 3.05) is 18.0 Å². The monoisotopic (exact) mass is 225 g/mol. The summed E-state index contributed by atoms with van der Waals surface area (Å²) < 4.78 is 0. The Morgan fingerprint density at radius 1 is 1.13 bits per heavy atom. The van der Waals surface area contributed by atoms with Crippen molar-refractivity contribution in [3.8, 4) is 0 Å². The Morgan fingerprint density at radius 3 is 2.33 bits per heavy atom. The van der Waals surface area contributed by atoms with Crippen molar-refractivity contribution in [1.82, 2.24) is 0 Å². The largest absolute Gasteiger partial charge is 0.371 e. The van der Waals surface area contributed by atoms with Gasteiger partial charge >= 0.3 is 0 Å². The summed E-state index contributed by atoms with van der Waals surface area (Å²) in [7, 11) is 0. The van der Waals surface area contributed by atoms with Crippen molar-refractivity contribution in [2.45, 2.75) is 33.6 Å². The topological polar surface area (TPSA) is 3.24 Å². The first kappa shape index (κ1) is 12.4. The van der Waals surface area contributed by atoms with Crippen LogP contribution in [0.15, 0.2) is 18.2 Å². The summed E-state index contributed by atoms with van der Waals surface area (Å²) in [5, 5.41) is 0.840. The lowest BCUT2D eigenvalue weighted by Gasteiger charge is -2.20. The highest BCUT2D eigenvalue weighted by atomic mass is 35.5. The second-order valence-corrected chi connectivity index (χ2v) is 4.06. The first-order valence-corrected chi connectivity index (χ1v) is 6.16. The molecule has 2 heteroatoms. The third kappa shape index (κ3) is 3.13. The summed E-state index contributed by atoms with van der Waals surface area (Å²) in [6.07, 6.45) is 2.62. The Bertz CT molecular complexity index is 303. The summed E-state index contributed by atoms with van der Waals surface area (Å²) in [6, 6.07) is 6.12. The number of aryl methyl sites for hydroxylation is 1. The summed E-state index contributed by atoms with van der Waals surface area (Å²) in [5.74, 6) is 0. The van der Waals surface area contributed by atoms with Crippen molar-refractivity contribution in [3.63, 3.8) is 0 Å². The fraction of sp³-hybridized carbons (Fsp3) is 0.538. The summed E-state index contributed by atoms with van der Waals surface area (Å²) in [5.41, 5.74) is 2.64. The first-order chi connectivity index (χ1) is 7.27. The standard InChI is InChI=1S/C11H14ClN.C2H6/c1-9-4-5-10(12)8-11(9)13-6-2-3-7-13;1-2/h4-5,8H,2-3,6-7H2,1H3;1-2H3. The van der Waals surface area contributed by atoms with Gasteiger partial charge in [0.15, 0.2) is 0 Å². The van der Waals surface area contributed by atoms with Gasteiger partial charge in [0.25, 0.3) is 0 Å². The molecule has 0 bridgehead atoms. The maximum atomic E-state index is 5.97. The van der Waals surface area contributed by atoms with E-state index in [-0.39, 0.29) is 0 Å². The summed E-state index contributed by atoms with van der Waals surface area (Å²) in [4.78, 5) is 2.42. The molecule has 1 saturated heterocycles. The van der Waals surface area contributed by atoms with Crippen LogP contribution in [0.25, 0.3) is 0 Å². The molecular formula is C13H20ClN. The number of anilines is 1. The van der Waals surface area contributed by atoms with Gasteiger partial charge in [0.05, 0.1) is 0 Å². The highest BCUT2D eigenvalue weighted by Crippen LogP contribution is 2.26. The lowest BCUT2D eigenvalue weighted by Crippen LogP contribution is -2.18. The Labute approximate surface area is 98.0 Å². The van der Waals surface area contributed by atoms with E-state index in [0.717, 1.165) is 5.02 Å². The molecule has 15 heavy (non-hydrogen) atoms. The molecule has 0 atom stereocenters. The lowest BCUT2D eigenvalue weighted by molar-refractivity contribution is 0.949. The van der Waals surface area contributed by atoms with Crippen LogP contribution >= 0.6 is 11.6 Å². The highest BCUT2D eigenvalue weighted by molar-refractivity contribution is 6.30. The Hall–Kier alpha value is -0.690. The quantitative estimate of drug-likeness (QED) is 0.690. The molecule has 0 spiro atoms. The molecule has 0 aliphatic carbocycles. The molecule has 1 aromatic rings. The molecule has 1 heterocycles. The van der Waals surface area contributed by atoms with E-state index in [1.165, 1.54) is 37.2 Å². The summed E-state index contributed by atoms with van der Waals surface area (Å²) in [6.45, 7) is 8.51. The zero-order valence-electron chi connectivity index (χ0n) is 9.89. The van der Waals surface area contributed by atoms with Gasteiger partial charge in [-0.1, -0.05) is 31.5 Å². The van der Waals surface area contributed by atoms with Gasteiger partial charge in [-0.15, -0.1) is 0 Å². The molecule has 2 rings (SSSR count). The van der Waals surface area contributed by atoms with E-state index in [4.69, 9.17) is 11.6 Å². The minimum Gasteiger partial charge on any atom is -0.371 e. The van der Waals surface area contributed by atoms with Crippen molar-refractivity contribution < 1.29 is 0 Å². The van der Waals surface area contributed by atoms with Gasteiger partial charge in [-0.2, -0.15) is 0 Å². The number of halogens is 1. The number of nitrogens with zero attached hydrogens (tertiary/aromatic N) is 1. The normalized spacial score (nSPS) is 14.8. The van der Waals surface area contributed by atoms with Crippen LogP contribution in [-0.4, -0.2) is 13.1 Å². The Balaban J connectivity index is 0.000000531. The van der Waals surface area contributed by atoms with Crippen molar-refractivity contribution in [1.29, 1.82) is 0 Å². The second-order valence-electron chi connectivity index (χ2n) is 3.62. The lowest BCUT2D eigenvalue weighted by atomic mass is 10.2. The maximum absolute atomic E-state index is 5.97. The Morgan fingerprint density at radius 2 is 1.73 bits per heavy atom. The van der Waals surface area contributed by atoms with Gasteiger partial charge in [0.2, 0.25) is 0 Å². The predicted molar refractivity (Wildman–Crippen MR) is 69.0 cm³/mol. The molecule has 0 radical (unpaired) electrons. The number of benzene rings is 1. The minimum absolute atomic E-state index is 0.840. The third-order valence-electron chi connectivity index (χ3n) is 2.62. The fourth-order valence-electron chi connectivity index (χ4n) is 1.88.